The van der Waals surface area contributed by atoms with Gasteiger partial charge in [0.25, 0.3) is 0 Å². The molecule has 2 saturated heterocycles. The summed E-state index contributed by atoms with van der Waals surface area (Å²) in [5.74, 6) is -1.10. The third-order valence-electron chi connectivity index (χ3n) is 3.81. The van der Waals surface area contributed by atoms with Crippen LogP contribution in [0, 0.1) is 5.92 Å². The fourth-order valence-corrected chi connectivity index (χ4v) is 3.36. The first kappa shape index (κ1) is 11.2. The molecule has 0 saturated carbocycles. The van der Waals surface area contributed by atoms with Crippen molar-refractivity contribution in [1.82, 2.24) is 0 Å². The summed E-state index contributed by atoms with van der Waals surface area (Å²) in [5.41, 5.74) is 1.08. The normalized spacial score (nSPS) is 35.1. The van der Waals surface area contributed by atoms with Crippen molar-refractivity contribution in [2.24, 2.45) is 5.92 Å². The van der Waals surface area contributed by atoms with Crippen LogP contribution in [0.15, 0.2) is 28.7 Å². The highest BCUT2D eigenvalue weighted by molar-refractivity contribution is 9.10. The Kier molecular flexibility index (Phi) is 2.71. The minimum Gasteiger partial charge on any atom is -0.481 e. The number of hydrogen-bond donors (Lipinski definition) is 1. The highest BCUT2D eigenvalue weighted by Crippen LogP contribution is 2.48. The van der Waals surface area contributed by atoms with Gasteiger partial charge >= 0.3 is 5.97 Å². The average molecular weight is 297 g/mol. The lowest BCUT2D eigenvalue weighted by atomic mass is 9.75. The van der Waals surface area contributed by atoms with E-state index < -0.39 is 5.97 Å². The number of ether oxygens (including phenoxy) is 1. The Morgan fingerprint density at radius 2 is 1.88 bits per heavy atom. The Morgan fingerprint density at radius 1 is 1.24 bits per heavy atom. The number of carboxylic acids is 1. The van der Waals surface area contributed by atoms with Crippen molar-refractivity contribution in [1.29, 1.82) is 0 Å². The Bertz CT molecular complexity index is 442. The van der Waals surface area contributed by atoms with Gasteiger partial charge in [-0.2, -0.15) is 0 Å². The molecular weight excluding hydrogens is 284 g/mol. The second-order valence-electron chi connectivity index (χ2n) is 4.73. The van der Waals surface area contributed by atoms with E-state index in [4.69, 9.17) is 4.74 Å². The van der Waals surface area contributed by atoms with E-state index in [0.29, 0.717) is 0 Å². The zero-order valence-electron chi connectivity index (χ0n) is 9.17. The van der Waals surface area contributed by atoms with Gasteiger partial charge in [0.1, 0.15) is 0 Å². The fourth-order valence-electron chi connectivity index (χ4n) is 3.10. The van der Waals surface area contributed by atoms with E-state index in [1.807, 2.05) is 24.3 Å². The first-order chi connectivity index (χ1) is 8.16. The van der Waals surface area contributed by atoms with Gasteiger partial charge in [-0.15, -0.1) is 0 Å². The molecule has 90 valence electrons. The number of fused-ring (bicyclic) bond motifs is 2. The summed E-state index contributed by atoms with van der Waals surface area (Å²) in [6.45, 7) is 0. The number of hydrogen-bond acceptors (Lipinski definition) is 2. The van der Waals surface area contributed by atoms with E-state index in [-0.39, 0.29) is 24.0 Å². The van der Waals surface area contributed by atoms with E-state index in [0.717, 1.165) is 22.9 Å². The van der Waals surface area contributed by atoms with Crippen molar-refractivity contribution >= 4 is 21.9 Å². The minimum absolute atomic E-state index is 0.0133. The van der Waals surface area contributed by atoms with Gasteiger partial charge < -0.3 is 9.84 Å². The van der Waals surface area contributed by atoms with E-state index >= 15 is 0 Å². The van der Waals surface area contributed by atoms with Crippen molar-refractivity contribution in [3.05, 3.63) is 34.3 Å². The summed E-state index contributed by atoms with van der Waals surface area (Å²) in [5, 5.41) is 9.33. The van der Waals surface area contributed by atoms with E-state index in [1.165, 1.54) is 0 Å². The minimum atomic E-state index is -0.731. The Labute approximate surface area is 108 Å². The molecule has 1 aromatic rings. The molecule has 4 atom stereocenters. The summed E-state index contributed by atoms with van der Waals surface area (Å²) in [4.78, 5) is 11.4. The van der Waals surface area contributed by atoms with Crippen LogP contribution in [0.4, 0.5) is 0 Å². The smallest absolute Gasteiger partial charge is 0.309 e. The number of halogens is 1. The predicted octanol–water partition coefficient (Wildman–Crippen LogP) is 2.79. The fraction of sp³-hybridized carbons (Fsp3) is 0.462. The van der Waals surface area contributed by atoms with Crippen molar-refractivity contribution in [2.75, 3.05) is 0 Å². The molecule has 0 aromatic heterocycles. The lowest BCUT2D eigenvalue weighted by Crippen LogP contribution is -2.31. The molecule has 2 fully saturated rings. The maximum atomic E-state index is 11.4. The van der Waals surface area contributed by atoms with Crippen LogP contribution < -0.4 is 0 Å². The maximum Gasteiger partial charge on any atom is 0.309 e. The lowest BCUT2D eigenvalue weighted by Gasteiger charge is -2.25. The molecular formula is C13H13BrO3. The third kappa shape index (κ3) is 1.79. The zero-order valence-corrected chi connectivity index (χ0v) is 10.8. The van der Waals surface area contributed by atoms with Gasteiger partial charge in [-0.05, 0) is 30.5 Å². The van der Waals surface area contributed by atoms with Crippen LogP contribution in [0.3, 0.4) is 0 Å². The number of carbonyl (C=O) groups is 1. The SMILES string of the molecule is O=C(O)C1C2CCC(O2)C1c1ccc(Br)cc1. The molecule has 0 amide bonds. The predicted molar refractivity (Wildman–Crippen MR) is 65.9 cm³/mol. The quantitative estimate of drug-likeness (QED) is 0.913. The number of aliphatic carboxylic acids is 1. The van der Waals surface area contributed by atoms with Crippen LogP contribution in [-0.2, 0) is 9.53 Å². The Morgan fingerprint density at radius 3 is 2.53 bits per heavy atom. The summed E-state index contributed by atoms with van der Waals surface area (Å²) < 4.78 is 6.76. The van der Waals surface area contributed by atoms with E-state index in [1.54, 1.807) is 0 Å². The molecule has 0 spiro atoms. The van der Waals surface area contributed by atoms with Crippen LogP contribution in [0.25, 0.3) is 0 Å². The van der Waals surface area contributed by atoms with Gasteiger partial charge in [-0.3, -0.25) is 4.79 Å². The average Bonchev–Trinajstić information content (AvgIpc) is 2.89. The van der Waals surface area contributed by atoms with Gasteiger partial charge in [0, 0.05) is 10.4 Å². The highest BCUT2D eigenvalue weighted by Gasteiger charge is 2.52. The molecule has 1 N–H and O–H groups in total. The molecule has 0 radical (unpaired) electrons. The van der Waals surface area contributed by atoms with Gasteiger partial charge in [0.05, 0.1) is 18.1 Å². The van der Waals surface area contributed by atoms with Crippen LogP contribution >= 0.6 is 15.9 Å². The van der Waals surface area contributed by atoms with Crippen LogP contribution in [0.5, 0.6) is 0 Å². The Balaban J connectivity index is 1.95. The lowest BCUT2D eigenvalue weighted by molar-refractivity contribution is -0.143. The Hall–Kier alpha value is -0.870. The second kappa shape index (κ2) is 4.10. The van der Waals surface area contributed by atoms with Gasteiger partial charge in [-0.25, -0.2) is 0 Å². The number of rotatable bonds is 2. The standard InChI is InChI=1S/C13H13BrO3/c14-8-3-1-7(2-4-8)11-9-5-6-10(17-9)12(11)13(15)16/h1-4,9-12H,5-6H2,(H,15,16). The maximum absolute atomic E-state index is 11.4. The molecule has 4 unspecified atom stereocenters. The van der Waals surface area contributed by atoms with E-state index in [2.05, 4.69) is 15.9 Å². The molecule has 2 aliphatic rings. The monoisotopic (exact) mass is 296 g/mol. The topological polar surface area (TPSA) is 46.5 Å². The molecule has 2 bridgehead atoms. The molecule has 2 heterocycles. The summed E-state index contributed by atoms with van der Waals surface area (Å²) >= 11 is 3.39. The largest absolute Gasteiger partial charge is 0.481 e. The number of carboxylic acid groups (broad SMARTS) is 1. The molecule has 4 heteroatoms. The number of benzene rings is 1. The molecule has 1 aromatic carbocycles. The molecule has 3 rings (SSSR count). The molecule has 0 aliphatic carbocycles. The van der Waals surface area contributed by atoms with Gasteiger partial charge in [-0.1, -0.05) is 28.1 Å². The van der Waals surface area contributed by atoms with Crippen LogP contribution in [0.2, 0.25) is 0 Å². The summed E-state index contributed by atoms with van der Waals surface area (Å²) in [6.07, 6.45) is 1.86. The van der Waals surface area contributed by atoms with Crippen LogP contribution in [0.1, 0.15) is 24.3 Å². The van der Waals surface area contributed by atoms with Crippen molar-refractivity contribution < 1.29 is 14.6 Å². The molecule has 2 aliphatic heterocycles. The van der Waals surface area contributed by atoms with Gasteiger partial charge in [0.2, 0.25) is 0 Å². The van der Waals surface area contributed by atoms with Crippen molar-refractivity contribution in [3.8, 4) is 0 Å². The second-order valence-corrected chi connectivity index (χ2v) is 5.65. The van der Waals surface area contributed by atoms with Crippen LogP contribution in [-0.4, -0.2) is 23.3 Å². The van der Waals surface area contributed by atoms with Gasteiger partial charge in [0.15, 0.2) is 0 Å². The van der Waals surface area contributed by atoms with E-state index in [9.17, 15) is 9.90 Å². The third-order valence-corrected chi connectivity index (χ3v) is 4.34. The highest BCUT2D eigenvalue weighted by atomic mass is 79.9. The zero-order chi connectivity index (χ0) is 12.0. The summed E-state index contributed by atoms with van der Waals surface area (Å²) in [7, 11) is 0. The molecule has 17 heavy (non-hydrogen) atoms. The summed E-state index contributed by atoms with van der Waals surface area (Å²) in [6, 6.07) is 7.91. The first-order valence-electron chi connectivity index (χ1n) is 5.80. The molecule has 3 nitrogen and oxygen atoms in total. The van der Waals surface area contributed by atoms with Crippen molar-refractivity contribution in [3.63, 3.8) is 0 Å². The van der Waals surface area contributed by atoms with Crippen molar-refractivity contribution in [2.45, 2.75) is 31.0 Å². The first-order valence-corrected chi connectivity index (χ1v) is 6.60.